The standard InChI is InChI=1S/C23H34N6O4S/c1-23(2,3)19(22(31)24-4)26-21(30)18-17-14-28(5)11-8-12-29(17)20(25-18)15-9-7-10-16(13-15)27-34(6,32)33/h7,9-10,13,19,27H,8,11-12,14H2,1-6H3,(H,24,31)(H,26,30). The Morgan fingerprint density at radius 3 is 2.50 bits per heavy atom. The molecule has 3 N–H and O–H groups in total. The third-order valence-electron chi connectivity index (χ3n) is 5.70. The number of likely N-dealkylation sites (N-methyl/N-ethyl adjacent to an activating group) is 1. The summed E-state index contributed by atoms with van der Waals surface area (Å²) in [5.74, 6) is -0.109. The summed E-state index contributed by atoms with van der Waals surface area (Å²) in [6.07, 6.45) is 1.97. The van der Waals surface area contributed by atoms with E-state index in [1.807, 2.05) is 38.5 Å². The second-order valence-corrected chi connectivity index (χ2v) is 11.6. The minimum absolute atomic E-state index is 0.267. The number of rotatable bonds is 6. The topological polar surface area (TPSA) is 125 Å². The summed E-state index contributed by atoms with van der Waals surface area (Å²) < 4.78 is 27.9. The number of nitrogens with one attached hydrogen (secondary N) is 3. The lowest BCUT2D eigenvalue weighted by atomic mass is 9.86. The van der Waals surface area contributed by atoms with Crippen molar-refractivity contribution < 1.29 is 18.0 Å². The van der Waals surface area contributed by atoms with E-state index in [0.717, 1.165) is 24.9 Å². The Kier molecular flexibility index (Phi) is 7.37. The van der Waals surface area contributed by atoms with Crippen LogP contribution in [-0.2, 0) is 27.9 Å². The molecule has 0 spiro atoms. The monoisotopic (exact) mass is 490 g/mol. The lowest BCUT2D eigenvalue weighted by Gasteiger charge is -2.29. The number of imidazole rings is 1. The van der Waals surface area contributed by atoms with E-state index in [9.17, 15) is 18.0 Å². The Morgan fingerprint density at radius 2 is 1.88 bits per heavy atom. The van der Waals surface area contributed by atoms with Crippen molar-refractivity contribution in [2.45, 2.75) is 46.3 Å². The molecule has 1 aromatic heterocycles. The normalized spacial score (nSPS) is 15.7. The van der Waals surface area contributed by atoms with Crippen LogP contribution in [0.15, 0.2) is 24.3 Å². The summed E-state index contributed by atoms with van der Waals surface area (Å²) in [6, 6.07) is 6.21. The molecule has 0 aliphatic carbocycles. The predicted octanol–water partition coefficient (Wildman–Crippen LogP) is 1.65. The minimum Gasteiger partial charge on any atom is -0.357 e. The Labute approximate surface area is 201 Å². The molecule has 2 heterocycles. The van der Waals surface area contributed by atoms with Crippen molar-refractivity contribution in [3.8, 4) is 11.4 Å². The predicted molar refractivity (Wildman–Crippen MR) is 132 cm³/mol. The highest BCUT2D eigenvalue weighted by atomic mass is 32.2. The SMILES string of the molecule is CNC(=O)C(NC(=O)c1nc(-c2cccc(NS(C)(=O)=O)c2)n2c1CN(C)CCC2)C(C)(C)C. The molecule has 0 saturated heterocycles. The van der Waals surface area contributed by atoms with Gasteiger partial charge in [0.1, 0.15) is 11.9 Å². The summed E-state index contributed by atoms with van der Waals surface area (Å²) in [6.45, 7) is 7.72. The molecule has 1 aliphatic heterocycles. The number of aromatic nitrogens is 2. The van der Waals surface area contributed by atoms with E-state index >= 15 is 0 Å². The summed E-state index contributed by atoms with van der Waals surface area (Å²) in [7, 11) is 0.0925. The fourth-order valence-corrected chi connectivity index (χ4v) is 4.63. The van der Waals surface area contributed by atoms with Gasteiger partial charge in [0.2, 0.25) is 15.9 Å². The van der Waals surface area contributed by atoms with Crippen molar-refractivity contribution in [1.82, 2.24) is 25.1 Å². The second kappa shape index (κ2) is 9.75. The van der Waals surface area contributed by atoms with Gasteiger partial charge in [-0.15, -0.1) is 0 Å². The zero-order valence-corrected chi connectivity index (χ0v) is 21.4. The molecule has 34 heavy (non-hydrogen) atoms. The first kappa shape index (κ1) is 25.7. The van der Waals surface area contributed by atoms with Crippen LogP contribution in [0.25, 0.3) is 11.4 Å². The number of carbonyl (C=O) groups is 2. The number of fused-ring (bicyclic) bond motifs is 1. The highest BCUT2D eigenvalue weighted by Crippen LogP contribution is 2.29. The number of amides is 2. The lowest BCUT2D eigenvalue weighted by Crippen LogP contribution is -2.53. The van der Waals surface area contributed by atoms with E-state index in [1.54, 1.807) is 25.2 Å². The first-order valence-corrected chi connectivity index (χ1v) is 13.1. The van der Waals surface area contributed by atoms with Crippen LogP contribution in [0.3, 0.4) is 0 Å². The average Bonchev–Trinajstić information content (AvgIpc) is 2.96. The van der Waals surface area contributed by atoms with Crippen LogP contribution in [0.4, 0.5) is 5.69 Å². The molecule has 186 valence electrons. The Hall–Kier alpha value is -2.92. The number of sulfonamides is 1. The van der Waals surface area contributed by atoms with E-state index in [0.29, 0.717) is 30.2 Å². The Bertz CT molecular complexity index is 1180. The fraction of sp³-hybridized carbons (Fsp3) is 0.522. The molecule has 0 bridgehead atoms. The summed E-state index contributed by atoms with van der Waals surface area (Å²) >= 11 is 0. The molecule has 0 radical (unpaired) electrons. The van der Waals surface area contributed by atoms with Gasteiger partial charge in [-0.1, -0.05) is 32.9 Å². The Morgan fingerprint density at radius 1 is 1.18 bits per heavy atom. The third-order valence-corrected chi connectivity index (χ3v) is 6.31. The van der Waals surface area contributed by atoms with Gasteiger partial charge in [0.25, 0.3) is 5.91 Å². The zero-order chi connectivity index (χ0) is 25.3. The van der Waals surface area contributed by atoms with Crippen LogP contribution in [0.2, 0.25) is 0 Å². The molecule has 2 amide bonds. The molecule has 3 rings (SSSR count). The van der Waals surface area contributed by atoms with Crippen LogP contribution in [0.5, 0.6) is 0 Å². The van der Waals surface area contributed by atoms with Crippen molar-refractivity contribution in [3.63, 3.8) is 0 Å². The van der Waals surface area contributed by atoms with Gasteiger partial charge in [-0.2, -0.15) is 0 Å². The summed E-state index contributed by atoms with van der Waals surface area (Å²) in [5, 5.41) is 5.50. The first-order chi connectivity index (χ1) is 15.8. The fourth-order valence-electron chi connectivity index (χ4n) is 4.08. The molecular formula is C23H34N6O4S. The molecule has 1 unspecified atom stereocenters. The number of hydrogen-bond donors (Lipinski definition) is 3. The van der Waals surface area contributed by atoms with Gasteiger partial charge < -0.3 is 20.1 Å². The maximum atomic E-state index is 13.4. The number of nitrogens with zero attached hydrogens (tertiary/aromatic N) is 3. The van der Waals surface area contributed by atoms with Gasteiger partial charge in [-0.05, 0) is 37.6 Å². The largest absolute Gasteiger partial charge is 0.357 e. The van der Waals surface area contributed by atoms with Gasteiger partial charge in [-0.3, -0.25) is 14.3 Å². The van der Waals surface area contributed by atoms with Gasteiger partial charge in [0.05, 0.1) is 11.9 Å². The summed E-state index contributed by atoms with van der Waals surface area (Å²) in [4.78, 5) is 32.8. The van der Waals surface area contributed by atoms with E-state index in [2.05, 4.69) is 20.3 Å². The highest BCUT2D eigenvalue weighted by Gasteiger charge is 2.34. The van der Waals surface area contributed by atoms with E-state index in [4.69, 9.17) is 4.98 Å². The van der Waals surface area contributed by atoms with Gasteiger partial charge in [0, 0.05) is 31.4 Å². The van der Waals surface area contributed by atoms with E-state index in [-0.39, 0.29) is 11.6 Å². The molecular weight excluding hydrogens is 456 g/mol. The second-order valence-electron chi connectivity index (χ2n) is 9.82. The summed E-state index contributed by atoms with van der Waals surface area (Å²) in [5.41, 5.74) is 1.64. The number of hydrogen-bond acceptors (Lipinski definition) is 6. The Balaban J connectivity index is 2.07. The van der Waals surface area contributed by atoms with Crippen molar-refractivity contribution in [2.24, 2.45) is 5.41 Å². The molecule has 10 nitrogen and oxygen atoms in total. The van der Waals surface area contributed by atoms with Gasteiger partial charge in [0.15, 0.2) is 5.69 Å². The van der Waals surface area contributed by atoms with Crippen LogP contribution < -0.4 is 15.4 Å². The maximum absolute atomic E-state index is 13.4. The number of anilines is 1. The molecule has 2 aromatic rings. The van der Waals surface area contributed by atoms with Crippen LogP contribution in [-0.4, -0.2) is 67.6 Å². The lowest BCUT2D eigenvalue weighted by molar-refractivity contribution is -0.124. The quantitative estimate of drug-likeness (QED) is 0.565. The molecule has 0 fully saturated rings. The maximum Gasteiger partial charge on any atom is 0.272 e. The smallest absolute Gasteiger partial charge is 0.272 e. The molecule has 1 atom stereocenters. The molecule has 11 heteroatoms. The zero-order valence-electron chi connectivity index (χ0n) is 20.6. The van der Waals surface area contributed by atoms with Gasteiger partial charge >= 0.3 is 0 Å². The van der Waals surface area contributed by atoms with Crippen molar-refractivity contribution >= 4 is 27.5 Å². The van der Waals surface area contributed by atoms with Crippen LogP contribution in [0.1, 0.15) is 43.4 Å². The van der Waals surface area contributed by atoms with Crippen LogP contribution >= 0.6 is 0 Å². The number of carbonyl (C=O) groups excluding carboxylic acids is 2. The van der Waals surface area contributed by atoms with Crippen molar-refractivity contribution in [3.05, 3.63) is 35.7 Å². The minimum atomic E-state index is -3.44. The van der Waals surface area contributed by atoms with Crippen molar-refractivity contribution in [2.75, 3.05) is 31.6 Å². The molecule has 1 aliphatic rings. The molecule has 1 aromatic carbocycles. The van der Waals surface area contributed by atoms with Crippen LogP contribution in [0, 0.1) is 5.41 Å². The average molecular weight is 491 g/mol. The van der Waals surface area contributed by atoms with E-state index in [1.165, 1.54) is 0 Å². The first-order valence-electron chi connectivity index (χ1n) is 11.2. The highest BCUT2D eigenvalue weighted by molar-refractivity contribution is 7.92. The third kappa shape index (κ3) is 5.95. The van der Waals surface area contributed by atoms with Gasteiger partial charge in [-0.25, -0.2) is 13.4 Å². The number of benzene rings is 1. The molecule has 0 saturated carbocycles. The van der Waals surface area contributed by atoms with Crippen molar-refractivity contribution in [1.29, 1.82) is 0 Å². The van der Waals surface area contributed by atoms with E-state index < -0.39 is 27.4 Å².